The highest BCUT2D eigenvalue weighted by atomic mass is 35.5. The summed E-state index contributed by atoms with van der Waals surface area (Å²) < 4.78 is 20.3. The van der Waals surface area contributed by atoms with Crippen LogP contribution in [0.3, 0.4) is 0 Å². The van der Waals surface area contributed by atoms with Gasteiger partial charge in [0.25, 0.3) is 0 Å². The zero-order chi connectivity index (χ0) is 25.7. The molecule has 0 amide bonds. The molecule has 0 saturated heterocycles. The second-order valence-electron chi connectivity index (χ2n) is 9.74. The summed E-state index contributed by atoms with van der Waals surface area (Å²) in [5.41, 5.74) is 7.26. The molecular formula is C31H34ClFN2O. The molecule has 36 heavy (non-hydrogen) atoms. The Morgan fingerprint density at radius 2 is 1.94 bits per heavy atom. The summed E-state index contributed by atoms with van der Waals surface area (Å²) in [7, 11) is 4.14. The first kappa shape index (κ1) is 26.1. The van der Waals surface area contributed by atoms with E-state index in [0.717, 1.165) is 65.1 Å². The molecule has 0 N–H and O–H groups in total. The van der Waals surface area contributed by atoms with Gasteiger partial charge in [-0.25, -0.2) is 4.39 Å². The molecule has 1 unspecified atom stereocenters. The van der Waals surface area contributed by atoms with Crippen molar-refractivity contribution in [1.29, 1.82) is 0 Å². The van der Waals surface area contributed by atoms with Gasteiger partial charge in [0.15, 0.2) is 0 Å². The fourth-order valence-electron chi connectivity index (χ4n) is 4.56. The topological polar surface area (TPSA) is 24.8 Å². The number of allylic oxidation sites excluding steroid dienone is 7. The van der Waals surface area contributed by atoms with E-state index >= 15 is 0 Å². The Kier molecular flexibility index (Phi) is 8.60. The first-order chi connectivity index (χ1) is 17.3. The van der Waals surface area contributed by atoms with E-state index in [9.17, 15) is 4.39 Å². The number of nitrogens with zero attached hydrogens (tertiary/aromatic N) is 2. The molecule has 5 heteroatoms. The largest absolute Gasteiger partial charge is 0.493 e. The first-order valence-electron chi connectivity index (χ1n) is 12.5. The van der Waals surface area contributed by atoms with Crippen LogP contribution in [0.4, 0.5) is 10.1 Å². The van der Waals surface area contributed by atoms with E-state index in [0.29, 0.717) is 6.61 Å². The molecule has 1 aliphatic carbocycles. The van der Waals surface area contributed by atoms with Crippen molar-refractivity contribution >= 4 is 40.4 Å². The van der Waals surface area contributed by atoms with Gasteiger partial charge in [0.1, 0.15) is 11.6 Å². The molecule has 3 nitrogen and oxygen atoms in total. The molecule has 0 radical (unpaired) electrons. The molecule has 0 bridgehead atoms. The lowest BCUT2D eigenvalue weighted by Crippen LogP contribution is -2.14. The third-order valence-corrected chi connectivity index (χ3v) is 6.72. The molecule has 1 atom stereocenters. The lowest BCUT2D eigenvalue weighted by atomic mass is 9.85. The van der Waals surface area contributed by atoms with Crippen molar-refractivity contribution in [2.45, 2.75) is 33.1 Å². The van der Waals surface area contributed by atoms with Crippen molar-refractivity contribution in [3.63, 3.8) is 0 Å². The van der Waals surface area contributed by atoms with Crippen molar-refractivity contribution in [3.05, 3.63) is 93.8 Å². The van der Waals surface area contributed by atoms with Gasteiger partial charge < -0.3 is 9.64 Å². The Morgan fingerprint density at radius 1 is 1.14 bits per heavy atom. The molecular weight excluding hydrogens is 471 g/mol. The number of aliphatic imine (C=N–C) groups is 1. The van der Waals surface area contributed by atoms with Crippen LogP contribution in [0, 0.1) is 11.7 Å². The standard InChI is InChI=1S/C31H34ClFN2O/c1-21-17-30(36-16-8-15-35(3)4)26-18-23(12-14-29(26)34-20-21)25-10-7-5-6-9-22(2)31(25)24-11-13-28(33)27(32)19-24/h5,7,10-14,17-21H,6,8-9,15-16H2,1-4H3. The molecule has 1 aliphatic heterocycles. The van der Waals surface area contributed by atoms with Gasteiger partial charge in [-0.1, -0.05) is 54.5 Å². The van der Waals surface area contributed by atoms with E-state index in [4.69, 9.17) is 21.3 Å². The third-order valence-electron chi connectivity index (χ3n) is 6.43. The van der Waals surface area contributed by atoms with E-state index in [1.54, 1.807) is 6.07 Å². The maximum Gasteiger partial charge on any atom is 0.141 e. The average molecular weight is 505 g/mol. The molecule has 0 fully saturated rings. The maximum absolute atomic E-state index is 14.0. The number of ether oxygens (including phenoxy) is 1. The second kappa shape index (κ2) is 11.9. The zero-order valence-electron chi connectivity index (χ0n) is 21.5. The number of halogens is 2. The Labute approximate surface area is 219 Å². The van der Waals surface area contributed by atoms with E-state index in [-0.39, 0.29) is 10.9 Å². The highest BCUT2D eigenvalue weighted by molar-refractivity contribution is 6.31. The molecule has 2 aromatic carbocycles. The number of fused-ring (bicyclic) bond motifs is 1. The number of benzene rings is 2. The van der Waals surface area contributed by atoms with Gasteiger partial charge in [-0.05, 0) is 92.9 Å². The third kappa shape index (κ3) is 6.24. The predicted molar refractivity (Wildman–Crippen MR) is 151 cm³/mol. The fourth-order valence-corrected chi connectivity index (χ4v) is 4.74. The van der Waals surface area contributed by atoms with Gasteiger partial charge in [0, 0.05) is 24.2 Å². The lowest BCUT2D eigenvalue weighted by Gasteiger charge is -2.20. The van der Waals surface area contributed by atoms with Crippen LogP contribution < -0.4 is 0 Å². The van der Waals surface area contributed by atoms with Crippen LogP contribution in [0.2, 0.25) is 5.02 Å². The van der Waals surface area contributed by atoms with Crippen LogP contribution in [-0.2, 0) is 4.74 Å². The maximum atomic E-state index is 14.0. The monoisotopic (exact) mass is 504 g/mol. The van der Waals surface area contributed by atoms with Crippen LogP contribution >= 0.6 is 11.6 Å². The van der Waals surface area contributed by atoms with Gasteiger partial charge in [-0.15, -0.1) is 0 Å². The molecule has 1 heterocycles. The Hall–Kier alpha value is -2.95. The molecule has 0 saturated carbocycles. The number of hydrogen-bond donors (Lipinski definition) is 0. The van der Waals surface area contributed by atoms with Crippen LogP contribution in [-0.4, -0.2) is 38.4 Å². The molecule has 0 spiro atoms. The van der Waals surface area contributed by atoms with Crippen molar-refractivity contribution in [3.8, 4) is 0 Å². The van der Waals surface area contributed by atoms with Gasteiger partial charge in [-0.2, -0.15) is 0 Å². The SMILES string of the molecule is CC1=C(c2ccc(F)c(Cl)c2)C(c2ccc3c(c2)C(OCCCN(C)C)=CC(C)C=N3)=CC=CCC1. The lowest BCUT2D eigenvalue weighted by molar-refractivity contribution is 0.249. The Balaban J connectivity index is 1.77. The summed E-state index contributed by atoms with van der Waals surface area (Å²) in [6.07, 6.45) is 13.4. The van der Waals surface area contributed by atoms with Gasteiger partial charge in [0.2, 0.25) is 0 Å². The van der Waals surface area contributed by atoms with E-state index in [1.165, 1.54) is 11.6 Å². The summed E-state index contributed by atoms with van der Waals surface area (Å²) in [5.74, 6) is 0.630. The van der Waals surface area contributed by atoms with Crippen molar-refractivity contribution in [1.82, 2.24) is 4.90 Å². The number of rotatable bonds is 7. The average Bonchev–Trinajstić information content (AvgIpc) is 2.99. The molecule has 2 aliphatic rings. The second-order valence-corrected chi connectivity index (χ2v) is 10.1. The zero-order valence-corrected chi connectivity index (χ0v) is 22.3. The van der Waals surface area contributed by atoms with E-state index in [2.05, 4.69) is 75.3 Å². The van der Waals surface area contributed by atoms with E-state index in [1.807, 2.05) is 12.3 Å². The Morgan fingerprint density at radius 3 is 2.72 bits per heavy atom. The minimum atomic E-state index is -0.409. The highest BCUT2D eigenvalue weighted by Crippen LogP contribution is 2.40. The minimum absolute atomic E-state index is 0.131. The smallest absolute Gasteiger partial charge is 0.141 e. The number of hydrogen-bond acceptors (Lipinski definition) is 3. The van der Waals surface area contributed by atoms with Crippen molar-refractivity contribution in [2.75, 3.05) is 27.2 Å². The van der Waals surface area contributed by atoms with Crippen LogP contribution in [0.1, 0.15) is 49.8 Å². The van der Waals surface area contributed by atoms with Crippen LogP contribution in [0.25, 0.3) is 16.9 Å². The quantitative estimate of drug-likeness (QED) is 0.354. The highest BCUT2D eigenvalue weighted by Gasteiger charge is 2.20. The summed E-state index contributed by atoms with van der Waals surface area (Å²) in [5, 5.41) is 0.131. The van der Waals surface area contributed by atoms with Gasteiger partial charge >= 0.3 is 0 Å². The van der Waals surface area contributed by atoms with Gasteiger partial charge in [-0.3, -0.25) is 4.99 Å². The normalized spacial score (nSPS) is 17.8. The molecule has 0 aromatic heterocycles. The minimum Gasteiger partial charge on any atom is -0.493 e. The predicted octanol–water partition coefficient (Wildman–Crippen LogP) is 8.35. The van der Waals surface area contributed by atoms with Crippen molar-refractivity contribution < 1.29 is 9.13 Å². The van der Waals surface area contributed by atoms with Crippen LogP contribution in [0.15, 0.2) is 71.3 Å². The van der Waals surface area contributed by atoms with E-state index < -0.39 is 5.82 Å². The fraction of sp³-hybridized carbons (Fsp3) is 0.323. The van der Waals surface area contributed by atoms with Gasteiger partial charge in [0.05, 0.1) is 17.3 Å². The van der Waals surface area contributed by atoms with Crippen LogP contribution in [0.5, 0.6) is 0 Å². The molecule has 188 valence electrons. The summed E-state index contributed by atoms with van der Waals surface area (Å²) >= 11 is 6.20. The molecule has 2 aromatic rings. The first-order valence-corrected chi connectivity index (χ1v) is 12.9. The molecule has 4 rings (SSSR count). The summed E-state index contributed by atoms with van der Waals surface area (Å²) in [6.45, 7) is 5.88. The summed E-state index contributed by atoms with van der Waals surface area (Å²) in [4.78, 5) is 6.90. The Bertz CT molecular complexity index is 1270. The summed E-state index contributed by atoms with van der Waals surface area (Å²) in [6, 6.07) is 11.3. The van der Waals surface area contributed by atoms with Crippen molar-refractivity contribution in [2.24, 2.45) is 10.9 Å².